The second kappa shape index (κ2) is 5.71. The van der Waals surface area contributed by atoms with E-state index in [4.69, 9.17) is 5.73 Å². The fourth-order valence-electron chi connectivity index (χ4n) is 1.62. The van der Waals surface area contributed by atoms with Crippen LogP contribution >= 0.6 is 0 Å². The molecule has 1 unspecified atom stereocenters. The molecular formula is C12H21N3. The summed E-state index contributed by atoms with van der Waals surface area (Å²) < 4.78 is 0. The Kier molecular flexibility index (Phi) is 4.56. The average molecular weight is 207 g/mol. The zero-order valence-corrected chi connectivity index (χ0v) is 9.90. The lowest BCUT2D eigenvalue weighted by Gasteiger charge is -2.23. The van der Waals surface area contributed by atoms with Crippen LogP contribution in [0.15, 0.2) is 18.3 Å². The van der Waals surface area contributed by atoms with Crippen molar-refractivity contribution in [1.82, 2.24) is 4.98 Å². The fourth-order valence-corrected chi connectivity index (χ4v) is 1.62. The van der Waals surface area contributed by atoms with Gasteiger partial charge in [0.05, 0.1) is 0 Å². The van der Waals surface area contributed by atoms with Crippen LogP contribution in [0.1, 0.15) is 25.8 Å². The molecule has 84 valence electrons. The van der Waals surface area contributed by atoms with Gasteiger partial charge in [0, 0.05) is 31.9 Å². The van der Waals surface area contributed by atoms with E-state index in [9.17, 15) is 0 Å². The van der Waals surface area contributed by atoms with Crippen LogP contribution in [0.4, 0.5) is 5.82 Å². The molecule has 1 atom stereocenters. The number of hydrogen-bond donors (Lipinski definition) is 1. The minimum absolute atomic E-state index is 0.550. The van der Waals surface area contributed by atoms with Gasteiger partial charge in [-0.15, -0.1) is 0 Å². The molecule has 1 aromatic rings. The Bertz CT molecular complexity index is 299. The average Bonchev–Trinajstić information content (AvgIpc) is 2.28. The highest BCUT2D eigenvalue weighted by molar-refractivity contribution is 5.45. The van der Waals surface area contributed by atoms with Crippen molar-refractivity contribution in [2.45, 2.75) is 26.8 Å². The molecule has 15 heavy (non-hydrogen) atoms. The summed E-state index contributed by atoms with van der Waals surface area (Å²) >= 11 is 0. The molecule has 0 spiro atoms. The maximum Gasteiger partial charge on any atom is 0.132 e. The first kappa shape index (κ1) is 12.0. The van der Waals surface area contributed by atoms with Crippen LogP contribution in [0.25, 0.3) is 0 Å². The van der Waals surface area contributed by atoms with Crippen molar-refractivity contribution >= 4 is 5.82 Å². The van der Waals surface area contributed by atoms with Crippen LogP contribution in [0.5, 0.6) is 0 Å². The molecule has 0 radical (unpaired) electrons. The van der Waals surface area contributed by atoms with E-state index in [1.807, 2.05) is 18.3 Å². The Morgan fingerprint density at radius 3 is 2.87 bits per heavy atom. The number of pyridine rings is 1. The summed E-state index contributed by atoms with van der Waals surface area (Å²) in [4.78, 5) is 6.57. The lowest BCUT2D eigenvalue weighted by Crippen LogP contribution is -2.26. The first-order valence-electron chi connectivity index (χ1n) is 5.54. The monoisotopic (exact) mass is 207 g/mol. The molecule has 0 aliphatic carbocycles. The Morgan fingerprint density at radius 1 is 1.53 bits per heavy atom. The van der Waals surface area contributed by atoms with Gasteiger partial charge in [0.2, 0.25) is 0 Å². The van der Waals surface area contributed by atoms with Crippen molar-refractivity contribution < 1.29 is 0 Å². The van der Waals surface area contributed by atoms with E-state index in [-0.39, 0.29) is 0 Å². The normalized spacial score (nSPS) is 12.5. The van der Waals surface area contributed by atoms with Gasteiger partial charge >= 0.3 is 0 Å². The van der Waals surface area contributed by atoms with E-state index in [1.54, 1.807) is 0 Å². The summed E-state index contributed by atoms with van der Waals surface area (Å²) in [6.07, 6.45) is 3.01. The minimum Gasteiger partial charge on any atom is -0.359 e. The highest BCUT2D eigenvalue weighted by Gasteiger charge is 2.09. The van der Waals surface area contributed by atoms with Gasteiger partial charge in [-0.2, -0.15) is 0 Å². The second-order valence-electron chi connectivity index (χ2n) is 4.08. The maximum absolute atomic E-state index is 5.69. The van der Waals surface area contributed by atoms with E-state index in [2.05, 4.69) is 30.8 Å². The topological polar surface area (TPSA) is 42.2 Å². The molecule has 0 amide bonds. The molecular weight excluding hydrogens is 186 g/mol. The third kappa shape index (κ3) is 3.20. The molecule has 3 heteroatoms. The van der Waals surface area contributed by atoms with Gasteiger partial charge < -0.3 is 10.6 Å². The van der Waals surface area contributed by atoms with E-state index < -0.39 is 0 Å². The van der Waals surface area contributed by atoms with Gasteiger partial charge in [-0.1, -0.05) is 26.3 Å². The van der Waals surface area contributed by atoms with Crippen LogP contribution in [-0.4, -0.2) is 18.6 Å². The molecule has 2 N–H and O–H groups in total. The summed E-state index contributed by atoms with van der Waals surface area (Å²) in [5.74, 6) is 1.70. The highest BCUT2D eigenvalue weighted by Crippen LogP contribution is 2.16. The van der Waals surface area contributed by atoms with Gasteiger partial charge in [0.15, 0.2) is 0 Å². The Morgan fingerprint density at radius 2 is 2.27 bits per heavy atom. The molecule has 0 aliphatic rings. The van der Waals surface area contributed by atoms with Crippen molar-refractivity contribution in [3.05, 3.63) is 23.9 Å². The zero-order chi connectivity index (χ0) is 11.3. The lowest BCUT2D eigenvalue weighted by molar-refractivity contribution is 0.557. The van der Waals surface area contributed by atoms with E-state index >= 15 is 0 Å². The van der Waals surface area contributed by atoms with Gasteiger partial charge in [-0.05, 0) is 12.0 Å². The molecule has 0 bridgehead atoms. The van der Waals surface area contributed by atoms with Gasteiger partial charge in [0.1, 0.15) is 5.82 Å². The molecule has 0 aliphatic heterocycles. The van der Waals surface area contributed by atoms with Gasteiger partial charge in [-0.3, -0.25) is 0 Å². The first-order valence-corrected chi connectivity index (χ1v) is 5.54. The molecule has 0 fully saturated rings. The molecule has 0 saturated heterocycles. The maximum atomic E-state index is 5.69. The highest BCUT2D eigenvalue weighted by atomic mass is 15.2. The lowest BCUT2D eigenvalue weighted by atomic mass is 10.1. The molecule has 1 aromatic heterocycles. The molecule has 0 saturated carbocycles. The van der Waals surface area contributed by atoms with E-state index in [0.29, 0.717) is 12.5 Å². The molecule has 1 rings (SSSR count). The number of rotatable bonds is 5. The van der Waals surface area contributed by atoms with Gasteiger partial charge in [0.25, 0.3) is 0 Å². The van der Waals surface area contributed by atoms with E-state index in [1.165, 1.54) is 6.42 Å². The fraction of sp³-hybridized carbons (Fsp3) is 0.583. The number of nitrogens with two attached hydrogens (primary N) is 1. The summed E-state index contributed by atoms with van der Waals surface area (Å²) in [5, 5.41) is 0. The predicted molar refractivity (Wildman–Crippen MR) is 64.9 cm³/mol. The SMILES string of the molecule is CCC(C)CN(C)c1ncccc1CN. The smallest absolute Gasteiger partial charge is 0.132 e. The summed E-state index contributed by atoms with van der Waals surface area (Å²) in [7, 11) is 2.08. The van der Waals surface area contributed by atoms with Crippen LogP contribution in [0.3, 0.4) is 0 Å². The van der Waals surface area contributed by atoms with Crippen molar-refractivity contribution in [2.24, 2.45) is 11.7 Å². The number of nitrogens with zero attached hydrogens (tertiary/aromatic N) is 2. The third-order valence-electron chi connectivity index (χ3n) is 2.73. The zero-order valence-electron chi connectivity index (χ0n) is 9.90. The summed E-state index contributed by atoms with van der Waals surface area (Å²) in [5.41, 5.74) is 6.80. The molecule has 0 aromatic carbocycles. The largest absolute Gasteiger partial charge is 0.359 e. The van der Waals surface area contributed by atoms with Crippen LogP contribution < -0.4 is 10.6 Å². The van der Waals surface area contributed by atoms with Crippen LogP contribution in [0, 0.1) is 5.92 Å². The summed E-state index contributed by atoms with van der Waals surface area (Å²) in [6, 6.07) is 3.97. The van der Waals surface area contributed by atoms with Gasteiger partial charge in [-0.25, -0.2) is 4.98 Å². The van der Waals surface area contributed by atoms with Crippen molar-refractivity contribution in [3.63, 3.8) is 0 Å². The van der Waals surface area contributed by atoms with Crippen LogP contribution in [0.2, 0.25) is 0 Å². The first-order chi connectivity index (χ1) is 7.19. The Labute approximate surface area is 92.3 Å². The number of aromatic nitrogens is 1. The third-order valence-corrected chi connectivity index (χ3v) is 2.73. The number of hydrogen-bond acceptors (Lipinski definition) is 3. The van der Waals surface area contributed by atoms with Crippen molar-refractivity contribution in [3.8, 4) is 0 Å². The summed E-state index contributed by atoms with van der Waals surface area (Å²) in [6.45, 7) is 6.04. The van der Waals surface area contributed by atoms with Crippen LogP contribution in [-0.2, 0) is 6.54 Å². The molecule has 1 heterocycles. The minimum atomic E-state index is 0.550. The Hall–Kier alpha value is -1.09. The predicted octanol–water partition coefficient (Wildman–Crippen LogP) is 2.02. The number of anilines is 1. The second-order valence-corrected chi connectivity index (χ2v) is 4.08. The molecule has 3 nitrogen and oxygen atoms in total. The standard InChI is InChI=1S/C12H21N3/c1-4-10(2)9-15(3)12-11(8-13)6-5-7-14-12/h5-7,10H,4,8-9,13H2,1-3H3. The quantitative estimate of drug-likeness (QED) is 0.803. The Balaban J connectivity index is 2.76. The van der Waals surface area contributed by atoms with Crippen molar-refractivity contribution in [1.29, 1.82) is 0 Å². The van der Waals surface area contributed by atoms with E-state index in [0.717, 1.165) is 17.9 Å². The van der Waals surface area contributed by atoms with Crippen molar-refractivity contribution in [2.75, 3.05) is 18.5 Å².